The summed E-state index contributed by atoms with van der Waals surface area (Å²) >= 11 is 0. The Hall–Kier alpha value is -1.16. The van der Waals surface area contributed by atoms with Gasteiger partial charge in [0.15, 0.2) is 0 Å². The van der Waals surface area contributed by atoms with Gasteiger partial charge in [-0.25, -0.2) is 0 Å². The SMILES string of the molecule is CC[C@]1(C)CCC2(O)CCC3C(C(=O)CC4C3(C)CCC3C(C)(C)c5oncc5CC34C)C2C1. The van der Waals surface area contributed by atoms with Gasteiger partial charge in [0, 0.05) is 23.3 Å². The lowest BCUT2D eigenvalue weighted by atomic mass is 9.36. The monoisotopic (exact) mass is 467 g/mol. The molecule has 1 aromatic rings. The van der Waals surface area contributed by atoms with Gasteiger partial charge in [0.1, 0.15) is 11.5 Å². The van der Waals surface area contributed by atoms with Crippen LogP contribution in [0.1, 0.15) is 111 Å². The molecule has 0 aliphatic heterocycles. The fourth-order valence-corrected chi connectivity index (χ4v) is 10.8. The molecule has 1 heterocycles. The van der Waals surface area contributed by atoms with Crippen LogP contribution in [0.3, 0.4) is 0 Å². The Labute approximate surface area is 205 Å². The Kier molecular flexibility index (Phi) is 4.78. The first-order valence-electron chi connectivity index (χ1n) is 14.1. The van der Waals surface area contributed by atoms with Crippen LogP contribution in [0.4, 0.5) is 0 Å². The standard InChI is InChI=1S/C30H45NO3/c1-7-27(4)12-13-30(33)11-8-19-24(20(30)16-27)21(32)14-23-28(19,5)10-9-22-26(2,3)25-18(17-31-34-25)15-29(22,23)6/h17,19-20,22-24,33H,7-16H2,1-6H3/t19?,20?,22?,23?,24?,27-,28?,29?,30?/m1/s1. The third kappa shape index (κ3) is 2.81. The molecule has 0 amide bonds. The summed E-state index contributed by atoms with van der Waals surface area (Å²) in [5.41, 5.74) is 1.08. The van der Waals surface area contributed by atoms with Crippen molar-refractivity contribution in [3.63, 3.8) is 0 Å². The average Bonchev–Trinajstić information content (AvgIpc) is 3.24. The minimum atomic E-state index is -0.625. The predicted octanol–water partition coefficient (Wildman–Crippen LogP) is 6.49. The molecule has 5 aliphatic carbocycles. The summed E-state index contributed by atoms with van der Waals surface area (Å²) in [7, 11) is 0. The zero-order valence-electron chi connectivity index (χ0n) is 22.2. The van der Waals surface area contributed by atoms with Crippen LogP contribution >= 0.6 is 0 Å². The van der Waals surface area contributed by atoms with E-state index >= 15 is 0 Å². The molecule has 0 bridgehead atoms. The fourth-order valence-electron chi connectivity index (χ4n) is 10.8. The van der Waals surface area contributed by atoms with E-state index in [1.807, 2.05) is 6.20 Å². The lowest BCUT2D eigenvalue weighted by molar-refractivity contribution is -0.210. The van der Waals surface area contributed by atoms with Gasteiger partial charge in [0.05, 0.1) is 11.8 Å². The number of fused-ring (bicyclic) bond motifs is 8. The predicted molar refractivity (Wildman–Crippen MR) is 132 cm³/mol. The van der Waals surface area contributed by atoms with E-state index < -0.39 is 5.60 Å². The Bertz CT molecular complexity index is 1010. The Balaban J connectivity index is 1.40. The van der Waals surface area contributed by atoms with Gasteiger partial charge in [-0.2, -0.15) is 0 Å². The minimum absolute atomic E-state index is 0.0501. The number of carbonyl (C=O) groups is 1. The maximum atomic E-state index is 14.2. The second kappa shape index (κ2) is 6.99. The summed E-state index contributed by atoms with van der Waals surface area (Å²) in [4.78, 5) is 14.2. The van der Waals surface area contributed by atoms with Crippen molar-refractivity contribution in [3.05, 3.63) is 17.5 Å². The first-order valence-corrected chi connectivity index (χ1v) is 14.1. The molecule has 1 aromatic heterocycles. The molecule has 34 heavy (non-hydrogen) atoms. The molecule has 0 aromatic carbocycles. The molecule has 6 rings (SSSR count). The Morgan fingerprint density at radius 1 is 1.00 bits per heavy atom. The highest BCUT2D eigenvalue weighted by molar-refractivity contribution is 5.83. The molecule has 8 unspecified atom stereocenters. The van der Waals surface area contributed by atoms with Crippen LogP contribution in [0.5, 0.6) is 0 Å². The molecule has 5 aliphatic rings. The maximum absolute atomic E-state index is 14.2. The Morgan fingerprint density at radius 2 is 1.76 bits per heavy atom. The summed E-state index contributed by atoms with van der Waals surface area (Å²) in [6, 6.07) is 0. The smallest absolute Gasteiger partial charge is 0.145 e. The van der Waals surface area contributed by atoms with Gasteiger partial charge in [0.2, 0.25) is 0 Å². The quantitative estimate of drug-likeness (QED) is 0.512. The number of carbonyl (C=O) groups excluding carboxylic acids is 1. The van der Waals surface area contributed by atoms with E-state index in [1.165, 1.54) is 18.4 Å². The first kappa shape index (κ1) is 23.3. The number of rotatable bonds is 1. The number of ketones is 1. The van der Waals surface area contributed by atoms with E-state index in [2.05, 4.69) is 46.7 Å². The highest BCUT2D eigenvalue weighted by Crippen LogP contribution is 2.71. The van der Waals surface area contributed by atoms with Gasteiger partial charge in [-0.1, -0.05) is 53.1 Å². The van der Waals surface area contributed by atoms with Crippen LogP contribution in [-0.4, -0.2) is 21.6 Å². The van der Waals surface area contributed by atoms with E-state index in [9.17, 15) is 9.90 Å². The van der Waals surface area contributed by atoms with Crippen LogP contribution in [-0.2, 0) is 16.6 Å². The van der Waals surface area contributed by atoms with E-state index in [0.717, 1.165) is 50.7 Å². The van der Waals surface area contributed by atoms with Crippen molar-refractivity contribution in [1.82, 2.24) is 5.16 Å². The maximum Gasteiger partial charge on any atom is 0.145 e. The molecule has 0 radical (unpaired) electrons. The van der Waals surface area contributed by atoms with Crippen molar-refractivity contribution >= 4 is 5.78 Å². The lowest BCUT2D eigenvalue weighted by Crippen LogP contribution is -2.66. The van der Waals surface area contributed by atoms with Crippen molar-refractivity contribution in [3.8, 4) is 0 Å². The van der Waals surface area contributed by atoms with Crippen LogP contribution in [0.15, 0.2) is 10.7 Å². The van der Waals surface area contributed by atoms with Crippen molar-refractivity contribution < 1.29 is 14.4 Å². The normalized spacial score (nSPS) is 51.5. The number of nitrogens with zero attached hydrogens (tertiary/aromatic N) is 1. The number of aromatic nitrogens is 1. The molecule has 4 nitrogen and oxygen atoms in total. The van der Waals surface area contributed by atoms with Crippen LogP contribution in [0.25, 0.3) is 0 Å². The number of aliphatic hydroxyl groups is 1. The van der Waals surface area contributed by atoms with E-state index in [0.29, 0.717) is 30.0 Å². The van der Waals surface area contributed by atoms with E-state index in [1.54, 1.807) is 0 Å². The third-order valence-corrected chi connectivity index (χ3v) is 12.8. The van der Waals surface area contributed by atoms with Crippen molar-refractivity contribution in [2.24, 2.45) is 45.8 Å². The molecular weight excluding hydrogens is 422 g/mol. The zero-order chi connectivity index (χ0) is 24.3. The van der Waals surface area contributed by atoms with E-state index in [4.69, 9.17) is 4.52 Å². The molecule has 0 saturated heterocycles. The summed E-state index contributed by atoms with van der Waals surface area (Å²) in [6.45, 7) is 14.4. The van der Waals surface area contributed by atoms with Gasteiger partial charge < -0.3 is 9.63 Å². The van der Waals surface area contributed by atoms with Gasteiger partial charge in [-0.3, -0.25) is 4.79 Å². The second-order valence-corrected chi connectivity index (χ2v) is 14.7. The van der Waals surface area contributed by atoms with Crippen molar-refractivity contribution in [2.75, 3.05) is 0 Å². The average molecular weight is 468 g/mol. The molecule has 4 fully saturated rings. The summed E-state index contributed by atoms with van der Waals surface area (Å²) < 4.78 is 5.79. The molecule has 4 saturated carbocycles. The summed E-state index contributed by atoms with van der Waals surface area (Å²) in [5.74, 6) is 3.04. The topological polar surface area (TPSA) is 63.3 Å². The van der Waals surface area contributed by atoms with Gasteiger partial charge >= 0.3 is 0 Å². The molecule has 4 heteroatoms. The minimum Gasteiger partial charge on any atom is -0.390 e. The highest BCUT2D eigenvalue weighted by Gasteiger charge is 2.68. The van der Waals surface area contributed by atoms with Crippen molar-refractivity contribution in [2.45, 2.75) is 117 Å². The molecule has 9 atom stereocenters. The van der Waals surface area contributed by atoms with Gasteiger partial charge in [0.25, 0.3) is 0 Å². The number of hydrogen-bond donors (Lipinski definition) is 1. The Morgan fingerprint density at radius 3 is 2.50 bits per heavy atom. The lowest BCUT2D eigenvalue weighted by Gasteiger charge is -2.68. The van der Waals surface area contributed by atoms with Crippen LogP contribution in [0.2, 0.25) is 0 Å². The molecule has 188 valence electrons. The summed E-state index contributed by atoms with van der Waals surface area (Å²) in [6.07, 6.45) is 12.0. The first-order chi connectivity index (χ1) is 15.9. The van der Waals surface area contributed by atoms with Gasteiger partial charge in [-0.05, 0) is 91.3 Å². The number of hydrogen-bond acceptors (Lipinski definition) is 4. The van der Waals surface area contributed by atoms with Crippen LogP contribution in [0, 0.1) is 45.8 Å². The molecule has 0 spiro atoms. The molecule has 1 N–H and O–H groups in total. The number of Topliss-reactive ketones (excluding diaryl/α,β-unsaturated/α-hetero) is 1. The van der Waals surface area contributed by atoms with Gasteiger partial charge in [-0.15, -0.1) is 0 Å². The van der Waals surface area contributed by atoms with E-state index in [-0.39, 0.29) is 33.5 Å². The largest absolute Gasteiger partial charge is 0.390 e. The molecular formula is C30H45NO3. The second-order valence-electron chi connectivity index (χ2n) is 14.7. The third-order valence-electron chi connectivity index (χ3n) is 12.8. The highest BCUT2D eigenvalue weighted by atomic mass is 16.5. The zero-order valence-corrected chi connectivity index (χ0v) is 22.2. The summed E-state index contributed by atoms with van der Waals surface area (Å²) in [5, 5.41) is 16.0. The fraction of sp³-hybridized carbons (Fsp3) is 0.867. The van der Waals surface area contributed by atoms with Crippen LogP contribution < -0.4 is 0 Å². The van der Waals surface area contributed by atoms with Crippen molar-refractivity contribution in [1.29, 1.82) is 0 Å².